The standard InChI is InChI=1S/C17H17F3/c1-12-4-3-5-14(9-6-12)16(17(18,19)20)15-10-7-13(2)8-11-15/h3-4,6-11,16H,5H2,1-2H3. The van der Waals surface area contributed by atoms with Crippen molar-refractivity contribution in [3.05, 3.63) is 70.8 Å². The van der Waals surface area contributed by atoms with Crippen LogP contribution in [0.2, 0.25) is 0 Å². The zero-order valence-electron chi connectivity index (χ0n) is 11.5. The van der Waals surface area contributed by atoms with Crippen LogP contribution in [0.15, 0.2) is 59.7 Å². The summed E-state index contributed by atoms with van der Waals surface area (Å²) in [5.74, 6) is -1.53. The fraction of sp³-hybridized carbons (Fsp3) is 0.294. The average Bonchev–Trinajstić information content (AvgIpc) is 2.56. The lowest BCUT2D eigenvalue weighted by Gasteiger charge is -2.23. The first-order valence-corrected chi connectivity index (χ1v) is 6.55. The molecule has 0 bridgehead atoms. The van der Waals surface area contributed by atoms with Crippen LogP contribution >= 0.6 is 0 Å². The summed E-state index contributed by atoms with van der Waals surface area (Å²) >= 11 is 0. The van der Waals surface area contributed by atoms with Crippen LogP contribution in [0.4, 0.5) is 13.2 Å². The molecule has 0 heterocycles. The Balaban J connectivity index is 2.44. The predicted molar refractivity (Wildman–Crippen MR) is 75.6 cm³/mol. The molecule has 106 valence electrons. The zero-order chi connectivity index (χ0) is 14.8. The van der Waals surface area contributed by atoms with Crippen LogP contribution in [0, 0.1) is 6.92 Å². The minimum Gasteiger partial charge on any atom is -0.170 e. The number of rotatable bonds is 2. The molecule has 0 N–H and O–H groups in total. The van der Waals surface area contributed by atoms with E-state index in [2.05, 4.69) is 0 Å². The molecule has 0 saturated heterocycles. The van der Waals surface area contributed by atoms with E-state index in [0.717, 1.165) is 11.1 Å². The molecule has 1 aliphatic carbocycles. The van der Waals surface area contributed by atoms with Gasteiger partial charge in [-0.25, -0.2) is 0 Å². The first-order chi connectivity index (χ1) is 9.38. The van der Waals surface area contributed by atoms with Crippen LogP contribution in [0.1, 0.15) is 30.4 Å². The summed E-state index contributed by atoms with van der Waals surface area (Å²) in [6.07, 6.45) is 3.04. The maximum Gasteiger partial charge on any atom is 0.399 e. The van der Waals surface area contributed by atoms with Crippen molar-refractivity contribution in [1.82, 2.24) is 0 Å². The van der Waals surface area contributed by atoms with Crippen LogP contribution in [0.3, 0.4) is 0 Å². The van der Waals surface area contributed by atoms with Gasteiger partial charge < -0.3 is 0 Å². The van der Waals surface area contributed by atoms with Gasteiger partial charge in [-0.1, -0.05) is 59.7 Å². The van der Waals surface area contributed by atoms with Gasteiger partial charge in [0, 0.05) is 0 Å². The molecule has 0 spiro atoms. The number of aryl methyl sites for hydroxylation is 1. The van der Waals surface area contributed by atoms with E-state index in [-0.39, 0.29) is 0 Å². The number of halogens is 3. The Bertz CT molecular complexity index is 557. The summed E-state index contributed by atoms with van der Waals surface area (Å²) in [6.45, 7) is 3.75. The van der Waals surface area contributed by atoms with Crippen LogP contribution in [-0.2, 0) is 0 Å². The van der Waals surface area contributed by atoms with E-state index in [1.807, 2.05) is 19.9 Å². The third kappa shape index (κ3) is 3.41. The van der Waals surface area contributed by atoms with Gasteiger partial charge in [0.1, 0.15) is 5.92 Å². The Hall–Kier alpha value is -1.77. The largest absolute Gasteiger partial charge is 0.399 e. The lowest BCUT2D eigenvalue weighted by Crippen LogP contribution is -2.22. The van der Waals surface area contributed by atoms with Crippen molar-refractivity contribution < 1.29 is 13.2 Å². The van der Waals surface area contributed by atoms with Crippen molar-refractivity contribution in [3.8, 4) is 0 Å². The fourth-order valence-corrected chi connectivity index (χ4v) is 2.33. The Morgan fingerprint density at radius 1 is 1.00 bits per heavy atom. The van der Waals surface area contributed by atoms with E-state index in [0.29, 0.717) is 17.6 Å². The van der Waals surface area contributed by atoms with Crippen molar-refractivity contribution in [2.75, 3.05) is 0 Å². The molecule has 0 amide bonds. The quantitative estimate of drug-likeness (QED) is 0.672. The smallest absolute Gasteiger partial charge is 0.170 e. The molecule has 1 unspecified atom stereocenters. The molecule has 3 heteroatoms. The van der Waals surface area contributed by atoms with Gasteiger partial charge in [0.2, 0.25) is 0 Å². The van der Waals surface area contributed by atoms with Gasteiger partial charge in [0.25, 0.3) is 0 Å². The molecule has 1 aromatic carbocycles. The van der Waals surface area contributed by atoms with Gasteiger partial charge in [-0.05, 0) is 31.4 Å². The second-order valence-corrected chi connectivity index (χ2v) is 5.14. The highest BCUT2D eigenvalue weighted by Gasteiger charge is 2.42. The highest BCUT2D eigenvalue weighted by molar-refractivity contribution is 5.38. The van der Waals surface area contributed by atoms with Crippen LogP contribution in [0.5, 0.6) is 0 Å². The maximum absolute atomic E-state index is 13.4. The summed E-state index contributed by atoms with van der Waals surface area (Å²) in [4.78, 5) is 0. The maximum atomic E-state index is 13.4. The van der Waals surface area contributed by atoms with E-state index in [1.165, 1.54) is 0 Å². The van der Waals surface area contributed by atoms with E-state index < -0.39 is 12.1 Å². The number of hydrogen-bond acceptors (Lipinski definition) is 0. The zero-order valence-corrected chi connectivity index (χ0v) is 11.5. The van der Waals surface area contributed by atoms with Gasteiger partial charge in [0.15, 0.2) is 0 Å². The predicted octanol–water partition coefficient (Wildman–Crippen LogP) is 5.47. The molecular weight excluding hydrogens is 261 g/mol. The van der Waals surface area contributed by atoms with Gasteiger partial charge in [-0.2, -0.15) is 13.2 Å². The number of allylic oxidation sites excluding steroid dienone is 6. The molecular formula is C17H17F3. The third-order valence-corrected chi connectivity index (χ3v) is 3.40. The topological polar surface area (TPSA) is 0 Å². The van der Waals surface area contributed by atoms with Crippen molar-refractivity contribution in [2.45, 2.75) is 32.4 Å². The Kier molecular flexibility index (Phi) is 4.17. The molecule has 0 radical (unpaired) electrons. The van der Waals surface area contributed by atoms with Crippen molar-refractivity contribution in [3.63, 3.8) is 0 Å². The molecule has 0 aromatic heterocycles. The van der Waals surface area contributed by atoms with E-state index in [4.69, 9.17) is 0 Å². The summed E-state index contributed by atoms with van der Waals surface area (Å²) in [5.41, 5.74) is 2.61. The minimum atomic E-state index is -4.28. The molecule has 1 aromatic rings. The fourth-order valence-electron chi connectivity index (χ4n) is 2.33. The normalized spacial score (nSPS) is 17.2. The highest BCUT2D eigenvalue weighted by Crippen LogP contribution is 2.42. The lowest BCUT2D eigenvalue weighted by atomic mass is 9.88. The van der Waals surface area contributed by atoms with Gasteiger partial charge in [0.05, 0.1) is 0 Å². The van der Waals surface area contributed by atoms with Crippen molar-refractivity contribution in [1.29, 1.82) is 0 Å². The molecule has 1 aliphatic rings. The summed E-state index contributed by atoms with van der Waals surface area (Å²) in [6, 6.07) is 6.59. The van der Waals surface area contributed by atoms with E-state index in [9.17, 15) is 13.2 Å². The molecule has 1 atom stereocenters. The summed E-state index contributed by atoms with van der Waals surface area (Å²) in [5, 5.41) is 0. The SMILES string of the molecule is CC1=CC=C(C(c2ccc(C)cc2)C(F)(F)F)CC=C1. The molecule has 0 nitrogen and oxygen atoms in total. The molecule has 0 aliphatic heterocycles. The first kappa shape index (κ1) is 14.6. The summed E-state index contributed by atoms with van der Waals surface area (Å²) < 4.78 is 40.3. The van der Waals surface area contributed by atoms with Gasteiger partial charge >= 0.3 is 6.18 Å². The second-order valence-electron chi connectivity index (χ2n) is 5.14. The number of alkyl halides is 3. The molecule has 20 heavy (non-hydrogen) atoms. The highest BCUT2D eigenvalue weighted by atomic mass is 19.4. The van der Waals surface area contributed by atoms with E-state index >= 15 is 0 Å². The monoisotopic (exact) mass is 278 g/mol. The Morgan fingerprint density at radius 3 is 2.25 bits per heavy atom. The Labute approximate surface area is 117 Å². The van der Waals surface area contributed by atoms with Crippen molar-refractivity contribution >= 4 is 0 Å². The minimum absolute atomic E-state index is 0.302. The van der Waals surface area contributed by atoms with Gasteiger partial charge in [-0.3, -0.25) is 0 Å². The van der Waals surface area contributed by atoms with Gasteiger partial charge in [-0.15, -0.1) is 0 Å². The average molecular weight is 278 g/mol. The van der Waals surface area contributed by atoms with Crippen LogP contribution < -0.4 is 0 Å². The Morgan fingerprint density at radius 2 is 1.65 bits per heavy atom. The van der Waals surface area contributed by atoms with E-state index in [1.54, 1.807) is 42.5 Å². The lowest BCUT2D eigenvalue weighted by molar-refractivity contribution is -0.142. The van der Waals surface area contributed by atoms with Crippen molar-refractivity contribution in [2.24, 2.45) is 0 Å². The summed E-state index contributed by atoms with van der Waals surface area (Å²) in [7, 11) is 0. The first-order valence-electron chi connectivity index (χ1n) is 6.55. The molecule has 2 rings (SSSR count). The van der Waals surface area contributed by atoms with Crippen LogP contribution in [-0.4, -0.2) is 6.18 Å². The second kappa shape index (κ2) is 5.70. The van der Waals surface area contributed by atoms with Crippen LogP contribution in [0.25, 0.3) is 0 Å². The molecule has 0 fully saturated rings. The number of hydrogen-bond donors (Lipinski definition) is 0. The number of benzene rings is 1. The molecule has 0 saturated carbocycles. The third-order valence-electron chi connectivity index (χ3n) is 3.40.